The zero-order valence-electron chi connectivity index (χ0n) is 11.9. The van der Waals surface area contributed by atoms with E-state index in [9.17, 15) is 4.79 Å². The summed E-state index contributed by atoms with van der Waals surface area (Å²) in [6, 6.07) is 4.34. The van der Waals surface area contributed by atoms with Gasteiger partial charge in [0.15, 0.2) is 0 Å². The molecule has 0 aromatic carbocycles. The standard InChI is InChI=1S/C15H21N3OS/c1-18(13-6-4-2-3-5-7-13)11-14(19)17-15-12(10-16)8-9-20-15/h8-9,13H,2-7,11H2,1H3,(H,17,19). The molecule has 108 valence electrons. The van der Waals surface area contributed by atoms with E-state index in [0.29, 0.717) is 23.2 Å². The Morgan fingerprint density at radius 2 is 2.15 bits per heavy atom. The summed E-state index contributed by atoms with van der Waals surface area (Å²) in [5, 5.41) is 14.3. The molecule has 5 heteroatoms. The van der Waals surface area contributed by atoms with Crippen LogP contribution in [0.4, 0.5) is 5.00 Å². The molecule has 0 bridgehead atoms. The second-order valence-electron chi connectivity index (χ2n) is 5.38. The van der Waals surface area contributed by atoms with E-state index in [2.05, 4.69) is 16.3 Å². The Labute approximate surface area is 124 Å². The molecule has 1 aromatic rings. The van der Waals surface area contributed by atoms with Crippen molar-refractivity contribution in [3.8, 4) is 6.07 Å². The van der Waals surface area contributed by atoms with Gasteiger partial charge in [0, 0.05) is 6.04 Å². The molecule has 0 atom stereocenters. The number of hydrogen-bond acceptors (Lipinski definition) is 4. The molecule has 1 fully saturated rings. The van der Waals surface area contributed by atoms with Crippen molar-refractivity contribution in [2.24, 2.45) is 0 Å². The first-order chi connectivity index (χ1) is 9.70. The average molecular weight is 291 g/mol. The molecule has 0 unspecified atom stereocenters. The lowest BCUT2D eigenvalue weighted by molar-refractivity contribution is -0.117. The van der Waals surface area contributed by atoms with E-state index in [1.54, 1.807) is 6.07 Å². The molecular weight excluding hydrogens is 270 g/mol. The summed E-state index contributed by atoms with van der Waals surface area (Å²) in [4.78, 5) is 14.2. The predicted octanol–water partition coefficient (Wildman–Crippen LogP) is 3.21. The molecule has 0 radical (unpaired) electrons. The lowest BCUT2D eigenvalue weighted by Crippen LogP contribution is -2.37. The Balaban J connectivity index is 1.86. The monoisotopic (exact) mass is 291 g/mol. The molecule has 0 aliphatic heterocycles. The highest BCUT2D eigenvalue weighted by molar-refractivity contribution is 7.14. The highest BCUT2D eigenvalue weighted by Crippen LogP contribution is 2.23. The minimum Gasteiger partial charge on any atom is -0.315 e. The van der Waals surface area contributed by atoms with Crippen molar-refractivity contribution in [2.45, 2.75) is 44.6 Å². The average Bonchev–Trinajstić information content (AvgIpc) is 2.70. The van der Waals surface area contributed by atoms with Crippen LogP contribution in [0.25, 0.3) is 0 Å². The van der Waals surface area contributed by atoms with Gasteiger partial charge in [-0.2, -0.15) is 5.26 Å². The lowest BCUT2D eigenvalue weighted by atomic mass is 10.1. The molecule has 1 N–H and O–H groups in total. The van der Waals surface area contributed by atoms with E-state index < -0.39 is 0 Å². The number of likely N-dealkylation sites (N-methyl/N-ethyl adjacent to an activating group) is 1. The van der Waals surface area contributed by atoms with E-state index in [4.69, 9.17) is 5.26 Å². The number of thiophene rings is 1. The van der Waals surface area contributed by atoms with Crippen LogP contribution in [0.1, 0.15) is 44.1 Å². The quantitative estimate of drug-likeness (QED) is 0.867. The minimum atomic E-state index is -0.0318. The van der Waals surface area contributed by atoms with Crippen LogP contribution in [0.5, 0.6) is 0 Å². The van der Waals surface area contributed by atoms with Gasteiger partial charge in [0.25, 0.3) is 0 Å². The minimum absolute atomic E-state index is 0.0318. The van der Waals surface area contributed by atoms with Crippen LogP contribution in [0.2, 0.25) is 0 Å². The van der Waals surface area contributed by atoms with Crippen molar-refractivity contribution < 1.29 is 4.79 Å². The molecule has 4 nitrogen and oxygen atoms in total. The molecule has 0 spiro atoms. The van der Waals surface area contributed by atoms with Crippen LogP contribution in [-0.4, -0.2) is 30.4 Å². The van der Waals surface area contributed by atoms with E-state index >= 15 is 0 Å². The largest absolute Gasteiger partial charge is 0.315 e. The summed E-state index contributed by atoms with van der Waals surface area (Å²) in [5.41, 5.74) is 0.542. The van der Waals surface area contributed by atoms with Crippen LogP contribution in [0, 0.1) is 11.3 Å². The number of nitrogens with one attached hydrogen (secondary N) is 1. The lowest BCUT2D eigenvalue weighted by Gasteiger charge is -2.26. The molecule has 1 heterocycles. The number of anilines is 1. The van der Waals surface area contributed by atoms with Gasteiger partial charge in [-0.25, -0.2) is 0 Å². The molecule has 1 aromatic heterocycles. The number of carbonyl (C=O) groups is 1. The maximum atomic E-state index is 12.1. The van der Waals surface area contributed by atoms with Crippen molar-refractivity contribution in [3.05, 3.63) is 17.0 Å². The first kappa shape index (κ1) is 15.0. The molecule has 0 saturated heterocycles. The first-order valence-corrected chi connectivity index (χ1v) is 8.06. The summed E-state index contributed by atoms with van der Waals surface area (Å²) in [6.45, 7) is 0.396. The Morgan fingerprint density at radius 1 is 1.45 bits per heavy atom. The van der Waals surface area contributed by atoms with Crippen LogP contribution in [0.15, 0.2) is 11.4 Å². The normalized spacial score (nSPS) is 16.6. The Morgan fingerprint density at radius 3 is 2.80 bits per heavy atom. The van der Waals surface area contributed by atoms with E-state index in [-0.39, 0.29) is 5.91 Å². The first-order valence-electron chi connectivity index (χ1n) is 7.18. The van der Waals surface area contributed by atoms with Crippen molar-refractivity contribution in [2.75, 3.05) is 18.9 Å². The summed E-state index contributed by atoms with van der Waals surface area (Å²) in [7, 11) is 2.02. The van der Waals surface area contributed by atoms with E-state index in [0.717, 1.165) is 0 Å². The molecule has 1 saturated carbocycles. The Kier molecular flexibility index (Phi) is 5.57. The fourth-order valence-electron chi connectivity index (χ4n) is 2.71. The Hall–Kier alpha value is -1.38. The number of rotatable bonds is 4. The van der Waals surface area contributed by atoms with Crippen molar-refractivity contribution in [1.82, 2.24) is 4.90 Å². The third-order valence-corrected chi connectivity index (χ3v) is 4.71. The molecule has 1 amide bonds. The molecular formula is C15H21N3OS. The van der Waals surface area contributed by atoms with Gasteiger partial charge in [-0.3, -0.25) is 9.69 Å². The number of nitrogens with zero attached hydrogens (tertiary/aromatic N) is 2. The molecule has 1 aliphatic carbocycles. The summed E-state index contributed by atoms with van der Waals surface area (Å²) < 4.78 is 0. The topological polar surface area (TPSA) is 56.1 Å². The Bertz CT molecular complexity index is 484. The SMILES string of the molecule is CN(CC(=O)Nc1sccc1C#N)C1CCCCCC1. The second-order valence-corrected chi connectivity index (χ2v) is 6.30. The summed E-state index contributed by atoms with van der Waals surface area (Å²) in [6.07, 6.45) is 7.53. The maximum absolute atomic E-state index is 12.1. The van der Waals surface area contributed by atoms with Gasteiger partial charge >= 0.3 is 0 Å². The number of amides is 1. The van der Waals surface area contributed by atoms with Gasteiger partial charge in [0.05, 0.1) is 12.1 Å². The highest BCUT2D eigenvalue weighted by atomic mass is 32.1. The van der Waals surface area contributed by atoms with Gasteiger partial charge in [-0.1, -0.05) is 25.7 Å². The van der Waals surface area contributed by atoms with Gasteiger partial charge in [0.2, 0.25) is 5.91 Å². The van der Waals surface area contributed by atoms with Crippen LogP contribution in [0.3, 0.4) is 0 Å². The smallest absolute Gasteiger partial charge is 0.239 e. The highest BCUT2D eigenvalue weighted by Gasteiger charge is 2.19. The van der Waals surface area contributed by atoms with Gasteiger partial charge in [-0.15, -0.1) is 11.3 Å². The third-order valence-electron chi connectivity index (χ3n) is 3.88. The van der Waals surface area contributed by atoms with Crippen molar-refractivity contribution in [3.63, 3.8) is 0 Å². The molecule has 20 heavy (non-hydrogen) atoms. The number of hydrogen-bond donors (Lipinski definition) is 1. The zero-order chi connectivity index (χ0) is 14.4. The number of carbonyl (C=O) groups excluding carboxylic acids is 1. The second kappa shape index (κ2) is 7.41. The van der Waals surface area contributed by atoms with Crippen LogP contribution < -0.4 is 5.32 Å². The van der Waals surface area contributed by atoms with Gasteiger partial charge in [-0.05, 0) is 31.3 Å². The summed E-state index contributed by atoms with van der Waals surface area (Å²) in [5.74, 6) is -0.0318. The molecule has 2 rings (SSSR count). The van der Waals surface area contributed by atoms with Crippen molar-refractivity contribution >= 4 is 22.2 Å². The van der Waals surface area contributed by atoms with Crippen molar-refractivity contribution in [1.29, 1.82) is 5.26 Å². The third kappa shape index (κ3) is 4.06. The van der Waals surface area contributed by atoms with Gasteiger partial charge in [0.1, 0.15) is 11.1 Å². The molecule has 1 aliphatic rings. The van der Waals surface area contributed by atoms with Crippen LogP contribution >= 0.6 is 11.3 Å². The fourth-order valence-corrected chi connectivity index (χ4v) is 3.47. The van der Waals surface area contributed by atoms with E-state index in [1.807, 2.05) is 12.4 Å². The summed E-state index contributed by atoms with van der Waals surface area (Å²) >= 11 is 1.40. The van der Waals surface area contributed by atoms with Gasteiger partial charge < -0.3 is 5.32 Å². The maximum Gasteiger partial charge on any atom is 0.239 e. The number of nitriles is 1. The predicted molar refractivity (Wildman–Crippen MR) is 81.8 cm³/mol. The van der Waals surface area contributed by atoms with E-state index in [1.165, 1.54) is 49.9 Å². The van der Waals surface area contributed by atoms with Crippen LogP contribution in [-0.2, 0) is 4.79 Å². The zero-order valence-corrected chi connectivity index (χ0v) is 12.7. The fraction of sp³-hybridized carbons (Fsp3) is 0.600.